The second kappa shape index (κ2) is 48.4. The van der Waals surface area contributed by atoms with Crippen molar-refractivity contribution in [2.75, 3.05) is 19.8 Å². The topological polar surface area (TPSA) is 61.8 Å². The van der Waals surface area contributed by atoms with Gasteiger partial charge in [-0.1, -0.05) is 196 Å². The van der Waals surface area contributed by atoms with Gasteiger partial charge in [0.1, 0.15) is 6.61 Å². The Labute approximate surface area is 359 Å². The van der Waals surface area contributed by atoms with Crippen molar-refractivity contribution in [1.29, 1.82) is 0 Å². The van der Waals surface area contributed by atoms with Gasteiger partial charge in [0.2, 0.25) is 0 Å². The molecule has 5 nitrogen and oxygen atoms in total. The molecule has 0 spiro atoms. The summed E-state index contributed by atoms with van der Waals surface area (Å²) in [5.41, 5.74) is 0. The first-order valence-electron chi connectivity index (χ1n) is 24.1. The van der Waals surface area contributed by atoms with Crippen LogP contribution >= 0.6 is 0 Å². The Hall–Kier alpha value is -2.92. The van der Waals surface area contributed by atoms with E-state index in [1.54, 1.807) is 0 Å². The van der Waals surface area contributed by atoms with Gasteiger partial charge in [0, 0.05) is 19.4 Å². The first kappa shape index (κ1) is 55.1. The van der Waals surface area contributed by atoms with Gasteiger partial charge in [-0.3, -0.25) is 9.59 Å². The van der Waals surface area contributed by atoms with E-state index in [9.17, 15) is 9.59 Å². The minimum atomic E-state index is -0.555. The number of hydrogen-bond donors (Lipinski definition) is 0. The zero-order chi connectivity index (χ0) is 42.1. The van der Waals surface area contributed by atoms with Crippen molar-refractivity contribution in [3.63, 3.8) is 0 Å². The maximum absolute atomic E-state index is 12.7. The van der Waals surface area contributed by atoms with Gasteiger partial charge in [-0.15, -0.1) is 0 Å². The Morgan fingerprint density at radius 2 is 0.810 bits per heavy atom. The fourth-order valence-corrected chi connectivity index (χ4v) is 6.34. The van der Waals surface area contributed by atoms with Crippen LogP contribution in [0.2, 0.25) is 0 Å². The molecule has 0 aliphatic heterocycles. The number of rotatable bonds is 43. The minimum absolute atomic E-state index is 0.0614. The number of ether oxygens (including phenoxy) is 3. The summed E-state index contributed by atoms with van der Waals surface area (Å²) in [6.45, 7) is 7.57. The summed E-state index contributed by atoms with van der Waals surface area (Å²) in [5, 5.41) is 0. The third-order valence-electron chi connectivity index (χ3n) is 9.90. The van der Waals surface area contributed by atoms with Crippen LogP contribution < -0.4 is 0 Å². The number of carbonyl (C=O) groups is 2. The molecule has 5 heteroatoms. The van der Waals surface area contributed by atoms with E-state index < -0.39 is 6.10 Å². The highest BCUT2D eigenvalue weighted by Gasteiger charge is 2.17. The number of allylic oxidation sites excluding steroid dienone is 14. The highest BCUT2D eigenvalue weighted by molar-refractivity contribution is 5.70. The molecule has 0 aliphatic carbocycles. The Kier molecular flexibility index (Phi) is 46.0. The third-order valence-corrected chi connectivity index (χ3v) is 9.90. The molecule has 0 N–H and O–H groups in total. The van der Waals surface area contributed by atoms with Crippen LogP contribution in [0.1, 0.15) is 213 Å². The summed E-state index contributed by atoms with van der Waals surface area (Å²) in [6, 6.07) is 0. The molecule has 0 aromatic carbocycles. The van der Waals surface area contributed by atoms with Crippen LogP contribution in [-0.4, -0.2) is 37.9 Å². The van der Waals surface area contributed by atoms with Gasteiger partial charge in [-0.25, -0.2) is 0 Å². The van der Waals surface area contributed by atoms with Crippen LogP contribution in [0.3, 0.4) is 0 Å². The van der Waals surface area contributed by atoms with Crippen molar-refractivity contribution in [2.45, 2.75) is 219 Å². The smallest absolute Gasteiger partial charge is 0.306 e. The Bertz CT molecular complexity index is 1090. The molecule has 1 atom stereocenters. The highest BCUT2D eigenvalue weighted by atomic mass is 16.6. The number of unbranched alkanes of at least 4 members (excludes halogenated alkanes) is 18. The van der Waals surface area contributed by atoms with E-state index in [0.29, 0.717) is 19.4 Å². The van der Waals surface area contributed by atoms with E-state index in [-0.39, 0.29) is 25.2 Å². The summed E-state index contributed by atoms with van der Waals surface area (Å²) in [6.07, 6.45) is 63.0. The van der Waals surface area contributed by atoms with Crippen LogP contribution in [-0.2, 0) is 23.8 Å². The van der Waals surface area contributed by atoms with E-state index in [0.717, 1.165) is 89.9 Å². The van der Waals surface area contributed by atoms with Gasteiger partial charge < -0.3 is 14.2 Å². The maximum Gasteiger partial charge on any atom is 0.306 e. The second-order valence-corrected chi connectivity index (χ2v) is 15.6. The van der Waals surface area contributed by atoms with Crippen LogP contribution in [0.5, 0.6) is 0 Å². The first-order chi connectivity index (χ1) is 28.6. The SMILES string of the molecule is CC/C=C\C/C=C\C/C=C\C/C=C\C/C=C\CCCCCC(=O)OCC(COCCCCCCCC/C=C\C/C=C\CCC)OC(=O)CCCCCCCCCCC. The predicted octanol–water partition coefficient (Wildman–Crippen LogP) is 16.1. The molecule has 0 aromatic heterocycles. The lowest BCUT2D eigenvalue weighted by molar-refractivity contribution is -0.163. The lowest BCUT2D eigenvalue weighted by Crippen LogP contribution is -2.30. The Balaban J connectivity index is 4.29. The largest absolute Gasteiger partial charge is 0.462 e. The van der Waals surface area contributed by atoms with Gasteiger partial charge in [0.25, 0.3) is 0 Å². The molecular formula is C53H90O5. The fourth-order valence-electron chi connectivity index (χ4n) is 6.34. The van der Waals surface area contributed by atoms with Crippen molar-refractivity contribution in [3.8, 4) is 0 Å². The lowest BCUT2D eigenvalue weighted by Gasteiger charge is -2.18. The van der Waals surface area contributed by atoms with Crippen LogP contribution in [0.4, 0.5) is 0 Å². The molecule has 0 fully saturated rings. The average molecular weight is 807 g/mol. The molecule has 0 saturated carbocycles. The van der Waals surface area contributed by atoms with Crippen molar-refractivity contribution in [1.82, 2.24) is 0 Å². The third kappa shape index (κ3) is 45.8. The zero-order valence-corrected chi connectivity index (χ0v) is 38.0. The average Bonchev–Trinajstić information content (AvgIpc) is 3.22. The Morgan fingerprint density at radius 1 is 0.397 bits per heavy atom. The normalized spacial score (nSPS) is 12.9. The molecule has 332 valence electrons. The number of esters is 2. The van der Waals surface area contributed by atoms with Gasteiger partial charge in [0.05, 0.1) is 6.61 Å². The van der Waals surface area contributed by atoms with Crippen LogP contribution in [0, 0.1) is 0 Å². The highest BCUT2D eigenvalue weighted by Crippen LogP contribution is 2.13. The van der Waals surface area contributed by atoms with E-state index in [2.05, 4.69) is 106 Å². The molecule has 58 heavy (non-hydrogen) atoms. The molecule has 0 aromatic rings. The molecule has 0 radical (unpaired) electrons. The molecular weight excluding hydrogens is 717 g/mol. The number of hydrogen-bond acceptors (Lipinski definition) is 5. The fraction of sp³-hybridized carbons (Fsp3) is 0.698. The minimum Gasteiger partial charge on any atom is -0.462 e. The molecule has 1 unspecified atom stereocenters. The molecule has 0 bridgehead atoms. The zero-order valence-electron chi connectivity index (χ0n) is 38.0. The van der Waals surface area contributed by atoms with Crippen LogP contribution in [0.25, 0.3) is 0 Å². The standard InChI is InChI=1S/C53H90O5/c1-4-7-10-13-16-19-21-23-25-26-27-28-29-30-32-35-37-40-43-46-52(54)57-50-51(58-53(55)47-44-41-38-34-18-15-12-9-6-3)49-56-48-45-42-39-36-33-31-24-22-20-17-14-11-8-5-2/h7,10-11,14,16,19-20,22-23,25,27-28,30,32,51H,4-6,8-9,12-13,15,17-18,21,24,26,29,31,33-50H2,1-3H3/b10-7-,14-11-,19-16-,22-20-,25-23-,28-27-,32-30-. The molecule has 0 aliphatic rings. The van der Waals surface area contributed by atoms with Gasteiger partial charge >= 0.3 is 11.9 Å². The quantitative estimate of drug-likeness (QED) is 0.0349. The first-order valence-corrected chi connectivity index (χ1v) is 24.1. The summed E-state index contributed by atoms with van der Waals surface area (Å²) in [4.78, 5) is 25.2. The summed E-state index contributed by atoms with van der Waals surface area (Å²) in [7, 11) is 0. The van der Waals surface area contributed by atoms with Crippen molar-refractivity contribution < 1.29 is 23.8 Å². The van der Waals surface area contributed by atoms with Crippen molar-refractivity contribution >= 4 is 11.9 Å². The van der Waals surface area contributed by atoms with E-state index in [1.807, 2.05) is 0 Å². The van der Waals surface area contributed by atoms with Gasteiger partial charge in [-0.05, 0) is 89.9 Å². The molecule has 0 saturated heterocycles. The predicted molar refractivity (Wildman–Crippen MR) is 251 cm³/mol. The summed E-state index contributed by atoms with van der Waals surface area (Å²) in [5.74, 6) is -0.445. The van der Waals surface area contributed by atoms with Crippen molar-refractivity contribution in [2.24, 2.45) is 0 Å². The van der Waals surface area contributed by atoms with Crippen molar-refractivity contribution in [3.05, 3.63) is 85.1 Å². The number of carbonyl (C=O) groups excluding carboxylic acids is 2. The van der Waals surface area contributed by atoms with Gasteiger partial charge in [0.15, 0.2) is 6.10 Å². The molecule has 0 rings (SSSR count). The second-order valence-electron chi connectivity index (χ2n) is 15.6. The maximum atomic E-state index is 12.7. The Morgan fingerprint density at radius 3 is 1.33 bits per heavy atom. The lowest BCUT2D eigenvalue weighted by atomic mass is 10.1. The van der Waals surface area contributed by atoms with E-state index in [4.69, 9.17) is 14.2 Å². The van der Waals surface area contributed by atoms with Gasteiger partial charge in [-0.2, -0.15) is 0 Å². The summed E-state index contributed by atoms with van der Waals surface area (Å²) >= 11 is 0. The van der Waals surface area contributed by atoms with E-state index in [1.165, 1.54) is 89.9 Å². The monoisotopic (exact) mass is 807 g/mol. The molecule has 0 amide bonds. The van der Waals surface area contributed by atoms with Crippen LogP contribution in [0.15, 0.2) is 85.1 Å². The molecule has 0 heterocycles. The van der Waals surface area contributed by atoms with E-state index >= 15 is 0 Å². The summed E-state index contributed by atoms with van der Waals surface area (Å²) < 4.78 is 17.3.